The lowest BCUT2D eigenvalue weighted by atomic mass is 9.57. The smallest absolute Gasteiger partial charge is 0.225 e. The van der Waals surface area contributed by atoms with Crippen LogP contribution in [0, 0.1) is 18.3 Å². The largest absolute Gasteiger partial charge is 0.491 e. The van der Waals surface area contributed by atoms with Crippen LogP contribution in [-0.4, -0.2) is 97.4 Å². The average Bonchev–Trinajstić information content (AvgIpc) is 2.87. The lowest BCUT2D eigenvalue weighted by Crippen LogP contribution is -2.66. The second kappa shape index (κ2) is 12.4. The molecule has 43 heavy (non-hydrogen) atoms. The number of aliphatic hydroxyl groups is 1. The van der Waals surface area contributed by atoms with Crippen molar-refractivity contribution in [2.45, 2.75) is 45.8 Å². The summed E-state index contributed by atoms with van der Waals surface area (Å²) >= 11 is 6.65. The van der Waals surface area contributed by atoms with Crippen LogP contribution in [0.15, 0.2) is 23.9 Å². The van der Waals surface area contributed by atoms with E-state index in [-0.39, 0.29) is 35.7 Å². The van der Waals surface area contributed by atoms with E-state index in [1.165, 1.54) is 6.92 Å². The van der Waals surface area contributed by atoms with Crippen LogP contribution < -0.4 is 20.7 Å². The number of carbonyl (C=O) groups is 2. The molecule has 11 nitrogen and oxygen atoms in total. The van der Waals surface area contributed by atoms with E-state index in [9.17, 15) is 14.7 Å². The first-order valence-corrected chi connectivity index (χ1v) is 15.0. The molecule has 232 valence electrons. The number of nitrogens with zero attached hydrogens (tertiary/aromatic N) is 4. The number of ketones is 1. The maximum absolute atomic E-state index is 12.9. The lowest BCUT2D eigenvalue weighted by molar-refractivity contribution is -0.156. The normalized spacial score (nSPS) is 19.3. The third-order valence-corrected chi connectivity index (χ3v) is 9.05. The predicted molar refractivity (Wildman–Crippen MR) is 165 cm³/mol. The number of allylic oxidation sites excluding steroid dienone is 2. The molecule has 4 N–H and O–H groups in total. The summed E-state index contributed by atoms with van der Waals surface area (Å²) in [5.41, 5.74) is 8.73. The van der Waals surface area contributed by atoms with Gasteiger partial charge in [-0.2, -0.15) is 0 Å². The van der Waals surface area contributed by atoms with Crippen LogP contribution in [0.25, 0.3) is 17.0 Å². The van der Waals surface area contributed by atoms with Crippen LogP contribution in [0.3, 0.4) is 0 Å². The van der Waals surface area contributed by atoms with Crippen LogP contribution in [0.5, 0.6) is 5.75 Å². The van der Waals surface area contributed by atoms with Crippen molar-refractivity contribution >= 4 is 34.7 Å². The van der Waals surface area contributed by atoms with Gasteiger partial charge in [-0.05, 0) is 58.9 Å². The van der Waals surface area contributed by atoms with Gasteiger partial charge in [-0.15, -0.1) is 0 Å². The van der Waals surface area contributed by atoms with Gasteiger partial charge in [0.25, 0.3) is 0 Å². The lowest BCUT2D eigenvalue weighted by Gasteiger charge is -2.60. The maximum atomic E-state index is 12.9. The highest BCUT2D eigenvalue weighted by Gasteiger charge is 2.56. The summed E-state index contributed by atoms with van der Waals surface area (Å²) in [5.74, 6) is 1.64. The molecule has 0 radical (unpaired) electrons. The fourth-order valence-corrected chi connectivity index (χ4v) is 6.62. The number of carbonyl (C=O) groups excluding carboxylic acids is 2. The van der Waals surface area contributed by atoms with Crippen molar-refractivity contribution in [1.29, 1.82) is 0 Å². The van der Waals surface area contributed by atoms with Crippen molar-refractivity contribution < 1.29 is 24.2 Å². The maximum Gasteiger partial charge on any atom is 0.225 e. The van der Waals surface area contributed by atoms with Gasteiger partial charge in [0, 0.05) is 68.0 Å². The number of likely N-dealkylation sites (N-methyl/N-ethyl adjacent to an activating group) is 1. The van der Waals surface area contributed by atoms with Gasteiger partial charge in [-0.3, -0.25) is 9.59 Å². The summed E-state index contributed by atoms with van der Waals surface area (Å²) in [7, 11) is 3.44. The fourth-order valence-electron chi connectivity index (χ4n) is 6.42. The first-order chi connectivity index (χ1) is 20.4. The molecule has 5 rings (SSSR count). The number of ether oxygens (including phenoxy) is 2. The Bertz CT molecular complexity index is 1420. The van der Waals surface area contributed by atoms with Crippen molar-refractivity contribution in [3.05, 3.63) is 40.2 Å². The molecule has 1 aromatic carbocycles. The predicted octanol–water partition coefficient (Wildman–Crippen LogP) is 2.42. The minimum absolute atomic E-state index is 0.0536. The first-order valence-electron chi connectivity index (χ1n) is 14.6. The number of amides is 1. The number of nitrogens with two attached hydrogens (primary N) is 1. The Morgan fingerprint density at radius 2 is 1.93 bits per heavy atom. The third-order valence-electron chi connectivity index (χ3n) is 8.72. The number of nitrogens with one attached hydrogen (secondary N) is 1. The summed E-state index contributed by atoms with van der Waals surface area (Å²) < 4.78 is 11.1. The zero-order valence-corrected chi connectivity index (χ0v) is 26.2. The zero-order valence-electron chi connectivity index (χ0n) is 25.4. The Kier molecular flexibility index (Phi) is 8.99. The van der Waals surface area contributed by atoms with Crippen molar-refractivity contribution in [3.63, 3.8) is 0 Å². The zero-order chi connectivity index (χ0) is 31.1. The van der Waals surface area contributed by atoms with E-state index < -0.39 is 6.10 Å². The van der Waals surface area contributed by atoms with Crippen LogP contribution in [0.4, 0.5) is 5.82 Å². The van der Waals surface area contributed by atoms with Crippen molar-refractivity contribution in [1.82, 2.24) is 20.2 Å². The molecular weight excluding hydrogens is 572 g/mol. The highest BCUT2D eigenvalue weighted by Crippen LogP contribution is 2.54. The van der Waals surface area contributed by atoms with Gasteiger partial charge in [-0.25, -0.2) is 9.97 Å². The van der Waals surface area contributed by atoms with Crippen LogP contribution in [0.2, 0.25) is 5.02 Å². The number of halogens is 1. The molecule has 2 aliphatic heterocycles. The SMILES string of the molecule is CNC[C@@H](O)COc1ccc(Cl)c(-c2nc(C(C(C)=O)=C(C)N)c(C)c(N3CC4(CC(C(=O)N5CC(OC)C5)C4)C3)n2)c1. The van der Waals surface area contributed by atoms with Gasteiger partial charge in [0.2, 0.25) is 5.91 Å². The molecule has 12 heteroatoms. The number of hydrogen-bond donors (Lipinski definition) is 3. The van der Waals surface area contributed by atoms with Crippen LogP contribution in [0.1, 0.15) is 37.9 Å². The van der Waals surface area contributed by atoms with Gasteiger partial charge in [0.15, 0.2) is 11.6 Å². The van der Waals surface area contributed by atoms with E-state index in [4.69, 9.17) is 36.8 Å². The Morgan fingerprint density at radius 1 is 1.23 bits per heavy atom. The van der Waals surface area contributed by atoms with Gasteiger partial charge in [0.05, 0.1) is 22.4 Å². The van der Waals surface area contributed by atoms with Crippen LogP contribution >= 0.6 is 11.6 Å². The molecule has 0 unspecified atom stereocenters. The molecule has 1 atom stereocenters. The second-order valence-electron chi connectivity index (χ2n) is 12.2. The van der Waals surface area contributed by atoms with E-state index in [1.807, 2.05) is 11.8 Å². The monoisotopic (exact) mass is 612 g/mol. The average molecular weight is 613 g/mol. The van der Waals surface area contributed by atoms with Gasteiger partial charge in [0.1, 0.15) is 24.3 Å². The van der Waals surface area contributed by atoms with E-state index in [1.54, 1.807) is 39.3 Å². The molecule has 1 spiro atoms. The molecule has 3 heterocycles. The summed E-state index contributed by atoms with van der Waals surface area (Å²) in [4.78, 5) is 39.4. The van der Waals surface area contributed by atoms with Crippen molar-refractivity contribution in [2.24, 2.45) is 17.1 Å². The Labute approximate surface area is 257 Å². The summed E-state index contributed by atoms with van der Waals surface area (Å²) in [5, 5.41) is 13.4. The molecule has 2 aromatic rings. The molecule has 2 saturated heterocycles. The molecule has 3 aliphatic rings. The molecule has 1 aliphatic carbocycles. The molecule has 1 amide bonds. The van der Waals surface area contributed by atoms with Crippen molar-refractivity contribution in [3.8, 4) is 17.1 Å². The third kappa shape index (κ3) is 6.22. The van der Waals surface area contributed by atoms with Crippen molar-refractivity contribution in [2.75, 3.05) is 58.4 Å². The van der Waals surface area contributed by atoms with E-state index >= 15 is 0 Å². The van der Waals surface area contributed by atoms with E-state index in [2.05, 4.69) is 10.2 Å². The summed E-state index contributed by atoms with van der Waals surface area (Å²) in [6, 6.07) is 5.16. The summed E-state index contributed by atoms with van der Waals surface area (Å²) in [6.45, 7) is 8.42. The molecule has 3 fully saturated rings. The minimum atomic E-state index is -0.679. The topological polar surface area (TPSA) is 143 Å². The number of likely N-dealkylation sites (tertiary alicyclic amines) is 1. The Morgan fingerprint density at radius 3 is 2.53 bits per heavy atom. The van der Waals surface area contributed by atoms with Crippen LogP contribution in [-0.2, 0) is 14.3 Å². The quantitative estimate of drug-likeness (QED) is 0.324. The number of rotatable bonds is 11. The summed E-state index contributed by atoms with van der Waals surface area (Å²) in [6.07, 6.45) is 1.18. The second-order valence-corrected chi connectivity index (χ2v) is 12.6. The van der Waals surface area contributed by atoms with Gasteiger partial charge < -0.3 is 35.4 Å². The number of anilines is 1. The first kappa shape index (κ1) is 31.2. The number of benzene rings is 1. The minimum Gasteiger partial charge on any atom is -0.491 e. The molecule has 1 saturated carbocycles. The number of Topliss-reactive ketones (excluding diaryl/α,β-unsaturated/α-hetero) is 1. The molecule has 0 bridgehead atoms. The number of aliphatic hydroxyl groups excluding tert-OH is 1. The Balaban J connectivity index is 1.40. The highest BCUT2D eigenvalue weighted by molar-refractivity contribution is 6.33. The number of aromatic nitrogens is 2. The van der Waals surface area contributed by atoms with E-state index in [0.717, 1.165) is 31.5 Å². The van der Waals surface area contributed by atoms with Gasteiger partial charge >= 0.3 is 0 Å². The molecular formula is C31H41ClN6O5. The van der Waals surface area contributed by atoms with Gasteiger partial charge in [-0.1, -0.05) is 11.6 Å². The molecule has 1 aromatic heterocycles. The van der Waals surface area contributed by atoms with E-state index in [0.29, 0.717) is 64.6 Å². The number of methoxy groups -OCH3 is 1. The number of hydrogen-bond acceptors (Lipinski definition) is 10. The standard InChI is InChI=1S/C31H41ClN6O5/c1-17-27(26(18(2)33)19(3)39)35-28(24-8-22(6-7-25(24)32)43-14-21(40)11-34-4)36-29(17)38-15-31(16-38)9-20(10-31)30(41)37-12-23(13-37)42-5/h6-8,20-21,23,34,40H,9-16,33H2,1-5H3/t21-/m1/s1. The fraction of sp³-hybridized carbons (Fsp3) is 0.548. The highest BCUT2D eigenvalue weighted by atomic mass is 35.5. The Hall–Kier alpha value is -3.25.